The first-order valence-corrected chi connectivity index (χ1v) is 11.4. The van der Waals surface area contributed by atoms with Gasteiger partial charge in [0.15, 0.2) is 0 Å². The van der Waals surface area contributed by atoms with Crippen LogP contribution in [-0.2, 0) is 23.8 Å². The first-order chi connectivity index (χ1) is 15.4. The zero-order chi connectivity index (χ0) is 24.2. The number of amides is 1. The van der Waals surface area contributed by atoms with Gasteiger partial charge in [-0.05, 0) is 86.4 Å². The highest BCUT2D eigenvalue weighted by molar-refractivity contribution is 6.33. The number of likely N-dealkylation sites (tertiary alicyclic amines) is 1. The third kappa shape index (κ3) is 4.44. The Morgan fingerprint density at radius 2 is 1.91 bits per heavy atom. The largest absolute Gasteiger partial charge is 0.416 e. The van der Waals surface area contributed by atoms with Gasteiger partial charge >= 0.3 is 6.18 Å². The predicted octanol–water partition coefficient (Wildman–Crippen LogP) is 6.27. The third-order valence-electron chi connectivity index (χ3n) is 7.44. The quantitative estimate of drug-likeness (QED) is 0.389. The summed E-state index contributed by atoms with van der Waals surface area (Å²) in [5, 5.41) is 0.429. The van der Waals surface area contributed by atoms with Gasteiger partial charge in [0.2, 0.25) is 5.91 Å². The van der Waals surface area contributed by atoms with Crippen molar-refractivity contribution in [2.45, 2.75) is 58.2 Å². The minimum atomic E-state index is -4.58. The van der Waals surface area contributed by atoms with Crippen molar-refractivity contribution in [2.75, 3.05) is 12.3 Å². The molecule has 1 unspecified atom stereocenters. The topological polar surface area (TPSA) is 46.3 Å². The van der Waals surface area contributed by atoms with Gasteiger partial charge in [-0.1, -0.05) is 17.7 Å². The molecule has 8 heteroatoms. The first kappa shape index (κ1) is 23.9. The number of anilines is 1. The molecule has 2 aromatic rings. The van der Waals surface area contributed by atoms with Gasteiger partial charge in [0.1, 0.15) is 5.82 Å². The van der Waals surface area contributed by atoms with E-state index in [0.29, 0.717) is 42.9 Å². The molecule has 2 aliphatic rings. The Kier molecular flexibility index (Phi) is 5.92. The molecule has 2 N–H and O–H groups in total. The van der Waals surface area contributed by atoms with Crippen LogP contribution in [0.1, 0.15) is 49.8 Å². The van der Waals surface area contributed by atoms with Crippen LogP contribution in [0.15, 0.2) is 36.4 Å². The average Bonchev–Trinajstić information content (AvgIpc) is 3.14. The third-order valence-corrected chi connectivity index (χ3v) is 7.77. The van der Waals surface area contributed by atoms with Crippen LogP contribution >= 0.6 is 11.6 Å². The minimum Gasteiger partial charge on any atom is -0.398 e. The molecule has 1 amide bonds. The number of benzene rings is 2. The van der Waals surface area contributed by atoms with Crippen LogP contribution in [0.3, 0.4) is 0 Å². The lowest BCUT2D eigenvalue weighted by molar-refractivity contribution is -0.138. The van der Waals surface area contributed by atoms with Gasteiger partial charge in [-0.3, -0.25) is 4.79 Å². The Bertz CT molecular complexity index is 1090. The van der Waals surface area contributed by atoms with Gasteiger partial charge in [-0.2, -0.15) is 13.2 Å². The van der Waals surface area contributed by atoms with Crippen LogP contribution < -0.4 is 5.73 Å². The number of hydrogen-bond acceptors (Lipinski definition) is 2. The number of nitrogen functional groups attached to an aromatic ring is 1. The van der Waals surface area contributed by atoms with E-state index in [9.17, 15) is 22.4 Å². The number of aryl methyl sites for hydroxylation is 1. The van der Waals surface area contributed by atoms with Crippen molar-refractivity contribution in [3.8, 4) is 0 Å². The molecule has 1 saturated heterocycles. The van der Waals surface area contributed by atoms with E-state index in [4.69, 9.17) is 17.3 Å². The predicted molar refractivity (Wildman–Crippen MR) is 120 cm³/mol. The SMILES string of the molecule is CC(C)N1CC2(CC1=O)C[C@]2(CCc1ccc(N)c(Cl)c1)Cc1cc(F)ccc1C(F)(F)F. The maximum absolute atomic E-state index is 14.0. The van der Waals surface area contributed by atoms with Crippen LogP contribution in [0.2, 0.25) is 5.02 Å². The van der Waals surface area contributed by atoms with Crippen molar-refractivity contribution in [1.82, 2.24) is 4.90 Å². The molecule has 1 spiro atoms. The van der Waals surface area contributed by atoms with E-state index in [0.717, 1.165) is 23.8 Å². The first-order valence-electron chi connectivity index (χ1n) is 11.0. The number of nitrogens with two attached hydrogens (primary N) is 1. The molecule has 178 valence electrons. The smallest absolute Gasteiger partial charge is 0.398 e. The molecule has 0 aromatic heterocycles. The van der Waals surface area contributed by atoms with Crippen molar-refractivity contribution < 1.29 is 22.4 Å². The number of hydrogen-bond donors (Lipinski definition) is 1. The van der Waals surface area contributed by atoms with Gasteiger partial charge in [0, 0.05) is 24.4 Å². The summed E-state index contributed by atoms with van der Waals surface area (Å²) in [5.74, 6) is -0.669. The van der Waals surface area contributed by atoms with E-state index in [1.165, 1.54) is 0 Å². The Balaban J connectivity index is 1.67. The van der Waals surface area contributed by atoms with E-state index >= 15 is 0 Å². The van der Waals surface area contributed by atoms with Gasteiger partial charge in [-0.25, -0.2) is 4.39 Å². The molecule has 0 radical (unpaired) electrons. The van der Waals surface area contributed by atoms with Crippen LogP contribution in [0.25, 0.3) is 0 Å². The van der Waals surface area contributed by atoms with E-state index in [1.807, 2.05) is 19.9 Å². The van der Waals surface area contributed by atoms with Gasteiger partial charge in [-0.15, -0.1) is 0 Å². The number of alkyl halides is 3. The fourth-order valence-corrected chi connectivity index (χ4v) is 5.76. The summed E-state index contributed by atoms with van der Waals surface area (Å²) in [4.78, 5) is 14.5. The Morgan fingerprint density at radius 3 is 2.52 bits per heavy atom. The highest BCUT2D eigenvalue weighted by Crippen LogP contribution is 2.72. The molecule has 3 nitrogen and oxygen atoms in total. The van der Waals surface area contributed by atoms with Crippen LogP contribution in [0, 0.1) is 16.6 Å². The monoisotopic (exact) mass is 482 g/mol. The van der Waals surface area contributed by atoms with Crippen LogP contribution in [0.4, 0.5) is 23.2 Å². The van der Waals surface area contributed by atoms with Gasteiger partial charge < -0.3 is 10.6 Å². The summed E-state index contributed by atoms with van der Waals surface area (Å²) in [5.41, 5.74) is 5.38. The molecular formula is C25H27ClF4N2O. The highest BCUT2D eigenvalue weighted by Gasteiger charge is 2.70. The second-order valence-electron chi connectivity index (χ2n) is 9.86. The van der Waals surface area contributed by atoms with Crippen molar-refractivity contribution >= 4 is 23.2 Å². The number of carbonyl (C=O) groups excluding carboxylic acids is 1. The molecule has 2 atom stereocenters. The molecule has 1 aliphatic carbocycles. The summed E-state index contributed by atoms with van der Waals surface area (Å²) in [6, 6.07) is 8.00. The van der Waals surface area contributed by atoms with Crippen molar-refractivity contribution in [1.29, 1.82) is 0 Å². The van der Waals surface area contributed by atoms with Gasteiger partial charge in [0.05, 0.1) is 16.3 Å². The summed E-state index contributed by atoms with van der Waals surface area (Å²) in [7, 11) is 0. The maximum atomic E-state index is 14.0. The van der Waals surface area contributed by atoms with Crippen molar-refractivity contribution in [3.05, 3.63) is 63.9 Å². The minimum absolute atomic E-state index is 0.0194. The molecule has 1 heterocycles. The lowest BCUT2D eigenvalue weighted by Crippen LogP contribution is -2.33. The molecule has 2 aromatic carbocycles. The summed E-state index contributed by atoms with van der Waals surface area (Å²) in [6.45, 7) is 4.39. The maximum Gasteiger partial charge on any atom is 0.416 e. The zero-order valence-electron chi connectivity index (χ0n) is 18.6. The Labute approximate surface area is 195 Å². The summed E-state index contributed by atoms with van der Waals surface area (Å²) in [6.07, 6.45) is -2.42. The highest BCUT2D eigenvalue weighted by atomic mass is 35.5. The van der Waals surface area contributed by atoms with E-state index in [-0.39, 0.29) is 23.9 Å². The lowest BCUT2D eigenvalue weighted by Gasteiger charge is -2.26. The standard InChI is InChI=1S/C25H27ClF4N2O/c1-15(2)32-14-24(12-22(32)33)13-23(24,8-7-16-3-6-21(31)20(26)9-16)11-17-10-18(27)4-5-19(17)25(28,29)30/h3-6,9-10,15H,7-8,11-14,31H2,1-2H3/t23-,24?/m0/s1. The van der Waals surface area contributed by atoms with Crippen molar-refractivity contribution in [2.24, 2.45) is 10.8 Å². The fraction of sp³-hybridized carbons (Fsp3) is 0.480. The lowest BCUT2D eigenvalue weighted by atomic mass is 9.80. The number of halogens is 5. The van der Waals surface area contributed by atoms with Crippen molar-refractivity contribution in [3.63, 3.8) is 0 Å². The average molecular weight is 483 g/mol. The number of nitrogens with zero attached hydrogens (tertiary/aromatic N) is 1. The second kappa shape index (κ2) is 8.19. The fourth-order valence-electron chi connectivity index (χ4n) is 5.56. The number of carbonyl (C=O) groups is 1. The molecule has 4 rings (SSSR count). The van der Waals surface area contributed by atoms with Crippen LogP contribution in [-0.4, -0.2) is 23.4 Å². The molecule has 33 heavy (non-hydrogen) atoms. The molecule has 1 saturated carbocycles. The molecular weight excluding hydrogens is 456 g/mol. The molecule has 2 fully saturated rings. The Hall–Kier alpha value is -2.28. The van der Waals surface area contributed by atoms with Crippen LogP contribution in [0.5, 0.6) is 0 Å². The van der Waals surface area contributed by atoms with Gasteiger partial charge in [0.25, 0.3) is 0 Å². The molecule has 0 bridgehead atoms. The molecule has 1 aliphatic heterocycles. The van der Waals surface area contributed by atoms with E-state index < -0.39 is 28.4 Å². The Morgan fingerprint density at radius 1 is 1.18 bits per heavy atom. The summed E-state index contributed by atoms with van der Waals surface area (Å²) < 4.78 is 55.1. The summed E-state index contributed by atoms with van der Waals surface area (Å²) >= 11 is 6.15. The zero-order valence-corrected chi connectivity index (χ0v) is 19.4. The second-order valence-corrected chi connectivity index (χ2v) is 10.3. The van der Waals surface area contributed by atoms with E-state index in [2.05, 4.69) is 0 Å². The number of rotatable bonds is 6. The normalized spacial score (nSPS) is 24.8. The van der Waals surface area contributed by atoms with E-state index in [1.54, 1.807) is 17.0 Å².